The van der Waals surface area contributed by atoms with E-state index in [1.54, 1.807) is 0 Å². The smallest absolute Gasteiger partial charge is 0.303 e. The molecule has 82 valence electrons. The Balaban J connectivity index is 2.49. The molecule has 0 atom stereocenters. The van der Waals surface area contributed by atoms with Crippen molar-refractivity contribution in [1.82, 2.24) is 20.2 Å². The van der Waals surface area contributed by atoms with Gasteiger partial charge >= 0.3 is 5.97 Å². The van der Waals surface area contributed by atoms with Crippen LogP contribution in [0.15, 0.2) is 0 Å². The maximum Gasteiger partial charge on any atom is 0.303 e. The summed E-state index contributed by atoms with van der Waals surface area (Å²) in [4.78, 5) is 20.9. The largest absolute Gasteiger partial charge is 0.481 e. The molecule has 1 amide bonds. The number of nitrogens with two attached hydrogens (primary N) is 1. The third kappa shape index (κ3) is 3.71. The molecule has 8 heteroatoms. The van der Waals surface area contributed by atoms with Crippen LogP contribution < -0.4 is 5.73 Å². The molecule has 8 nitrogen and oxygen atoms in total. The fourth-order valence-corrected chi connectivity index (χ4v) is 1.07. The van der Waals surface area contributed by atoms with Gasteiger partial charge in [0.05, 0.1) is 0 Å². The molecular formula is C7H11N5O3. The van der Waals surface area contributed by atoms with Crippen LogP contribution in [-0.2, 0) is 22.6 Å². The number of aryl methyl sites for hydroxylation is 1. The van der Waals surface area contributed by atoms with Crippen LogP contribution in [-0.4, -0.2) is 37.2 Å². The Morgan fingerprint density at radius 2 is 2.20 bits per heavy atom. The summed E-state index contributed by atoms with van der Waals surface area (Å²) in [5.74, 6) is -0.944. The van der Waals surface area contributed by atoms with Crippen LogP contribution >= 0.6 is 0 Å². The van der Waals surface area contributed by atoms with Gasteiger partial charge in [-0.15, -0.1) is 5.10 Å². The van der Waals surface area contributed by atoms with Crippen molar-refractivity contribution in [1.29, 1.82) is 0 Å². The molecule has 0 aliphatic rings. The highest BCUT2D eigenvalue weighted by molar-refractivity contribution is 5.73. The fourth-order valence-electron chi connectivity index (χ4n) is 1.07. The van der Waals surface area contributed by atoms with E-state index in [1.165, 1.54) is 4.68 Å². The molecule has 0 aliphatic heterocycles. The molecule has 0 unspecified atom stereocenters. The number of rotatable bonds is 6. The Morgan fingerprint density at radius 3 is 2.80 bits per heavy atom. The van der Waals surface area contributed by atoms with E-state index in [0.29, 0.717) is 18.7 Å². The average Bonchev–Trinajstić information content (AvgIpc) is 2.51. The maximum atomic E-state index is 10.6. The van der Waals surface area contributed by atoms with Gasteiger partial charge in [0.25, 0.3) is 0 Å². The lowest BCUT2D eigenvalue weighted by atomic mass is 10.2. The number of carbonyl (C=O) groups excluding carboxylic acids is 1. The lowest BCUT2D eigenvalue weighted by Gasteiger charge is -2.00. The molecule has 0 aromatic carbocycles. The molecule has 0 spiro atoms. The summed E-state index contributed by atoms with van der Waals surface area (Å²) in [7, 11) is 0. The zero-order valence-electron chi connectivity index (χ0n) is 7.96. The SMILES string of the molecule is NC(=O)Cn1nnnc1CCCC(=O)O. The predicted octanol–water partition coefficient (Wildman–Crippen LogP) is -1.43. The molecule has 0 radical (unpaired) electrons. The normalized spacial score (nSPS) is 10.1. The van der Waals surface area contributed by atoms with Gasteiger partial charge in [0.15, 0.2) is 5.82 Å². The Bertz CT molecular complexity index is 361. The summed E-state index contributed by atoms with van der Waals surface area (Å²) in [6.07, 6.45) is 0.879. The van der Waals surface area contributed by atoms with Gasteiger partial charge in [0, 0.05) is 12.8 Å². The van der Waals surface area contributed by atoms with Crippen LogP contribution in [0.4, 0.5) is 0 Å². The lowest BCUT2D eigenvalue weighted by Crippen LogP contribution is -2.21. The number of carboxylic acid groups (broad SMARTS) is 1. The summed E-state index contributed by atoms with van der Waals surface area (Å²) < 4.78 is 1.27. The summed E-state index contributed by atoms with van der Waals surface area (Å²) >= 11 is 0. The third-order valence-electron chi connectivity index (χ3n) is 1.70. The second-order valence-corrected chi connectivity index (χ2v) is 2.97. The molecular weight excluding hydrogens is 202 g/mol. The first kappa shape index (κ1) is 11.1. The average molecular weight is 213 g/mol. The Labute approximate surface area is 85.1 Å². The van der Waals surface area contributed by atoms with Gasteiger partial charge in [0.2, 0.25) is 5.91 Å². The first-order chi connectivity index (χ1) is 7.09. The topological polar surface area (TPSA) is 124 Å². The molecule has 15 heavy (non-hydrogen) atoms. The number of tetrazole rings is 1. The van der Waals surface area contributed by atoms with E-state index in [-0.39, 0.29) is 13.0 Å². The van der Waals surface area contributed by atoms with Crippen molar-refractivity contribution >= 4 is 11.9 Å². The first-order valence-electron chi connectivity index (χ1n) is 4.34. The van der Waals surface area contributed by atoms with E-state index in [2.05, 4.69) is 15.5 Å². The van der Waals surface area contributed by atoms with Crippen molar-refractivity contribution in [2.45, 2.75) is 25.8 Å². The quantitative estimate of drug-likeness (QED) is 0.596. The number of carbonyl (C=O) groups is 2. The van der Waals surface area contributed by atoms with Gasteiger partial charge in [0.1, 0.15) is 6.54 Å². The zero-order chi connectivity index (χ0) is 11.3. The molecule has 0 saturated heterocycles. The van der Waals surface area contributed by atoms with Gasteiger partial charge in [-0.1, -0.05) is 0 Å². The number of primary amides is 1. The second-order valence-electron chi connectivity index (χ2n) is 2.97. The zero-order valence-corrected chi connectivity index (χ0v) is 7.96. The minimum absolute atomic E-state index is 0.0451. The van der Waals surface area contributed by atoms with Gasteiger partial charge < -0.3 is 10.8 Å². The molecule has 0 saturated carbocycles. The van der Waals surface area contributed by atoms with Crippen molar-refractivity contribution in [2.24, 2.45) is 5.73 Å². The monoisotopic (exact) mass is 213 g/mol. The maximum absolute atomic E-state index is 10.6. The van der Waals surface area contributed by atoms with Gasteiger partial charge in [-0.25, -0.2) is 4.68 Å². The molecule has 1 rings (SSSR count). The van der Waals surface area contributed by atoms with Crippen molar-refractivity contribution in [2.75, 3.05) is 0 Å². The number of carboxylic acids is 1. The highest BCUT2D eigenvalue weighted by atomic mass is 16.4. The second kappa shape index (κ2) is 5.03. The standard InChI is InChI=1S/C7H11N5O3/c8-5(13)4-12-6(9-10-11-12)2-1-3-7(14)15/h1-4H2,(H2,8,13)(H,14,15). The number of amides is 1. The van der Waals surface area contributed by atoms with E-state index in [9.17, 15) is 9.59 Å². The van der Waals surface area contributed by atoms with Gasteiger partial charge in [-0.05, 0) is 16.8 Å². The van der Waals surface area contributed by atoms with Crippen LogP contribution in [0, 0.1) is 0 Å². The predicted molar refractivity (Wildman–Crippen MR) is 47.6 cm³/mol. The molecule has 1 aromatic rings. The molecule has 0 fully saturated rings. The summed E-state index contributed by atoms with van der Waals surface area (Å²) in [6.45, 7) is -0.0879. The summed E-state index contributed by atoms with van der Waals surface area (Å²) in [5, 5.41) is 19.0. The fraction of sp³-hybridized carbons (Fsp3) is 0.571. The minimum Gasteiger partial charge on any atom is -0.481 e. The minimum atomic E-state index is -0.871. The Hall–Kier alpha value is -1.99. The molecule has 3 N–H and O–H groups in total. The van der Waals surface area contributed by atoms with Crippen molar-refractivity contribution in [3.8, 4) is 0 Å². The van der Waals surface area contributed by atoms with Crippen LogP contribution in [0.2, 0.25) is 0 Å². The lowest BCUT2D eigenvalue weighted by molar-refractivity contribution is -0.137. The van der Waals surface area contributed by atoms with Crippen LogP contribution in [0.5, 0.6) is 0 Å². The number of hydrogen-bond donors (Lipinski definition) is 2. The van der Waals surface area contributed by atoms with Crippen molar-refractivity contribution in [3.05, 3.63) is 5.82 Å². The Morgan fingerprint density at radius 1 is 1.47 bits per heavy atom. The van der Waals surface area contributed by atoms with E-state index in [0.717, 1.165) is 0 Å². The molecule has 1 aromatic heterocycles. The van der Waals surface area contributed by atoms with Crippen molar-refractivity contribution in [3.63, 3.8) is 0 Å². The molecule has 0 aliphatic carbocycles. The van der Waals surface area contributed by atoms with Crippen molar-refractivity contribution < 1.29 is 14.7 Å². The number of nitrogens with zero attached hydrogens (tertiary/aromatic N) is 4. The number of aliphatic carboxylic acids is 1. The van der Waals surface area contributed by atoms with E-state index >= 15 is 0 Å². The highest BCUT2D eigenvalue weighted by Crippen LogP contribution is 2.00. The summed E-state index contributed by atoms with van der Waals surface area (Å²) in [5.41, 5.74) is 4.98. The molecule has 1 heterocycles. The van der Waals surface area contributed by atoms with Crippen LogP contribution in [0.1, 0.15) is 18.7 Å². The molecule has 0 bridgehead atoms. The van der Waals surface area contributed by atoms with Crippen LogP contribution in [0.3, 0.4) is 0 Å². The summed E-state index contributed by atoms with van der Waals surface area (Å²) in [6, 6.07) is 0. The first-order valence-corrected chi connectivity index (χ1v) is 4.34. The van der Waals surface area contributed by atoms with E-state index in [4.69, 9.17) is 10.8 Å². The number of hydrogen-bond acceptors (Lipinski definition) is 5. The van der Waals surface area contributed by atoms with Gasteiger partial charge in [-0.2, -0.15) is 0 Å². The van der Waals surface area contributed by atoms with Gasteiger partial charge in [-0.3, -0.25) is 9.59 Å². The Kier molecular flexibility index (Phi) is 3.72. The van der Waals surface area contributed by atoms with Crippen LogP contribution in [0.25, 0.3) is 0 Å². The third-order valence-corrected chi connectivity index (χ3v) is 1.70. The van der Waals surface area contributed by atoms with E-state index < -0.39 is 11.9 Å². The highest BCUT2D eigenvalue weighted by Gasteiger charge is 2.08. The number of aromatic nitrogens is 4. The van der Waals surface area contributed by atoms with E-state index in [1.807, 2.05) is 0 Å².